The van der Waals surface area contributed by atoms with Crippen LogP contribution in [-0.2, 0) is 6.61 Å². The molecule has 0 bridgehead atoms. The summed E-state index contributed by atoms with van der Waals surface area (Å²) in [6, 6.07) is 25.2. The molecule has 0 aliphatic carbocycles. The molecule has 2 heterocycles. The van der Waals surface area contributed by atoms with Gasteiger partial charge in [0.05, 0.1) is 16.9 Å². The summed E-state index contributed by atoms with van der Waals surface area (Å²) in [6.45, 7) is 4.71. The van der Waals surface area contributed by atoms with Crippen LogP contribution in [0.25, 0.3) is 21.7 Å². The fourth-order valence-corrected chi connectivity index (χ4v) is 3.97. The van der Waals surface area contributed by atoms with Crippen LogP contribution in [-0.4, -0.2) is 43.1 Å². The first-order valence-corrected chi connectivity index (χ1v) is 10.2. The van der Waals surface area contributed by atoms with Crippen LogP contribution in [0.2, 0.25) is 0 Å². The quantitative estimate of drug-likeness (QED) is 0.510. The van der Waals surface area contributed by atoms with Gasteiger partial charge in [0.25, 0.3) is 0 Å². The molecule has 1 aromatic heterocycles. The van der Waals surface area contributed by atoms with Gasteiger partial charge in [0.15, 0.2) is 0 Å². The van der Waals surface area contributed by atoms with Crippen molar-refractivity contribution in [1.82, 2.24) is 9.88 Å². The molecule has 1 saturated heterocycles. The third-order valence-electron chi connectivity index (χ3n) is 5.71. The Morgan fingerprint density at radius 2 is 1.55 bits per heavy atom. The Kier molecular flexibility index (Phi) is 4.78. The summed E-state index contributed by atoms with van der Waals surface area (Å²) in [7, 11) is 2.18. The van der Waals surface area contributed by atoms with Crippen molar-refractivity contribution >= 4 is 27.4 Å². The summed E-state index contributed by atoms with van der Waals surface area (Å²) >= 11 is 0. The Bertz CT molecular complexity index is 1150. The van der Waals surface area contributed by atoms with Crippen molar-refractivity contribution in [3.63, 3.8) is 0 Å². The molecule has 1 fully saturated rings. The highest BCUT2D eigenvalue weighted by Gasteiger charge is 2.17. The van der Waals surface area contributed by atoms with Gasteiger partial charge in [0.2, 0.25) is 0 Å². The van der Waals surface area contributed by atoms with E-state index < -0.39 is 0 Å². The second kappa shape index (κ2) is 7.72. The number of likely N-dealkylation sites (N-methyl/N-ethyl adjacent to an activating group) is 1. The van der Waals surface area contributed by atoms with Crippen molar-refractivity contribution in [1.29, 1.82) is 0 Å². The van der Waals surface area contributed by atoms with Crippen LogP contribution >= 0.6 is 0 Å². The number of benzene rings is 3. The second-order valence-electron chi connectivity index (χ2n) is 7.74. The van der Waals surface area contributed by atoms with Gasteiger partial charge in [-0.3, -0.25) is 0 Å². The molecule has 5 rings (SSSR count). The molecule has 29 heavy (non-hydrogen) atoms. The first kappa shape index (κ1) is 18.0. The summed E-state index contributed by atoms with van der Waals surface area (Å²) in [4.78, 5) is 9.79. The number of nitrogens with zero attached hydrogens (tertiary/aromatic N) is 3. The number of aromatic nitrogens is 1. The Morgan fingerprint density at radius 3 is 2.41 bits per heavy atom. The van der Waals surface area contributed by atoms with E-state index in [-0.39, 0.29) is 0 Å². The van der Waals surface area contributed by atoms with E-state index in [0.29, 0.717) is 6.61 Å². The Morgan fingerprint density at radius 1 is 0.793 bits per heavy atom. The maximum atomic E-state index is 6.07. The third kappa shape index (κ3) is 3.76. The highest BCUT2D eigenvalue weighted by atomic mass is 16.5. The SMILES string of the molecule is CN1CCN(c2cccc3ccc(COc4ccc5ccccc5c4)nc23)CC1. The zero-order chi connectivity index (χ0) is 19.6. The lowest BCUT2D eigenvalue weighted by molar-refractivity contribution is 0.302. The summed E-state index contributed by atoms with van der Waals surface area (Å²) in [5.74, 6) is 0.873. The second-order valence-corrected chi connectivity index (χ2v) is 7.74. The van der Waals surface area contributed by atoms with E-state index in [1.807, 2.05) is 6.07 Å². The number of piperazine rings is 1. The van der Waals surface area contributed by atoms with E-state index in [1.165, 1.54) is 21.8 Å². The molecule has 4 aromatic rings. The first-order chi connectivity index (χ1) is 14.3. The van der Waals surface area contributed by atoms with E-state index >= 15 is 0 Å². The molecule has 3 aromatic carbocycles. The van der Waals surface area contributed by atoms with Crippen LogP contribution in [0, 0.1) is 0 Å². The molecule has 4 heteroatoms. The molecule has 0 amide bonds. The van der Waals surface area contributed by atoms with Crippen LogP contribution in [0.3, 0.4) is 0 Å². The van der Waals surface area contributed by atoms with E-state index in [2.05, 4.69) is 83.6 Å². The monoisotopic (exact) mass is 383 g/mol. The van der Waals surface area contributed by atoms with Gasteiger partial charge in [-0.25, -0.2) is 4.98 Å². The van der Waals surface area contributed by atoms with Crippen LogP contribution in [0.4, 0.5) is 5.69 Å². The fraction of sp³-hybridized carbons (Fsp3) is 0.240. The van der Waals surface area contributed by atoms with Crippen LogP contribution in [0.15, 0.2) is 72.8 Å². The molecule has 0 radical (unpaired) electrons. The van der Waals surface area contributed by atoms with Gasteiger partial charge in [-0.2, -0.15) is 0 Å². The number of fused-ring (bicyclic) bond motifs is 2. The first-order valence-electron chi connectivity index (χ1n) is 10.2. The number of anilines is 1. The van der Waals surface area contributed by atoms with Crippen LogP contribution < -0.4 is 9.64 Å². The maximum Gasteiger partial charge on any atom is 0.130 e. The van der Waals surface area contributed by atoms with Gasteiger partial charge in [0, 0.05) is 31.6 Å². The van der Waals surface area contributed by atoms with Crippen molar-refractivity contribution in [2.75, 3.05) is 38.1 Å². The summed E-state index contributed by atoms with van der Waals surface area (Å²) < 4.78 is 6.07. The minimum atomic E-state index is 0.464. The predicted octanol–water partition coefficient (Wildman–Crippen LogP) is 4.72. The molecular formula is C25H25N3O. The zero-order valence-electron chi connectivity index (χ0n) is 16.7. The molecule has 0 N–H and O–H groups in total. The molecule has 0 unspecified atom stereocenters. The van der Waals surface area contributed by atoms with Crippen molar-refractivity contribution in [2.45, 2.75) is 6.61 Å². The lowest BCUT2D eigenvalue weighted by Crippen LogP contribution is -2.44. The number of para-hydroxylation sites is 1. The molecule has 0 spiro atoms. The van der Waals surface area contributed by atoms with Gasteiger partial charge in [0.1, 0.15) is 12.4 Å². The molecule has 0 saturated carbocycles. The topological polar surface area (TPSA) is 28.6 Å². The smallest absolute Gasteiger partial charge is 0.130 e. The highest BCUT2D eigenvalue weighted by molar-refractivity contribution is 5.91. The average Bonchev–Trinajstić information content (AvgIpc) is 2.77. The van der Waals surface area contributed by atoms with Gasteiger partial charge in [-0.15, -0.1) is 0 Å². The van der Waals surface area contributed by atoms with Crippen LogP contribution in [0.5, 0.6) is 5.75 Å². The van der Waals surface area contributed by atoms with E-state index in [9.17, 15) is 0 Å². The van der Waals surface area contributed by atoms with E-state index in [0.717, 1.165) is 43.1 Å². The standard InChI is InChI=1S/C25H25N3O/c1-27-13-15-28(16-14-27)24-8-4-7-20-9-11-22(26-25(20)24)18-29-23-12-10-19-5-2-3-6-21(19)17-23/h2-12,17H,13-16,18H2,1H3. The molecule has 1 aliphatic rings. The lowest BCUT2D eigenvalue weighted by Gasteiger charge is -2.34. The molecule has 0 atom stereocenters. The highest BCUT2D eigenvalue weighted by Crippen LogP contribution is 2.27. The number of hydrogen-bond acceptors (Lipinski definition) is 4. The number of ether oxygens (including phenoxy) is 1. The minimum Gasteiger partial charge on any atom is -0.487 e. The van der Waals surface area contributed by atoms with Crippen molar-refractivity contribution in [3.05, 3.63) is 78.5 Å². The molecule has 146 valence electrons. The van der Waals surface area contributed by atoms with Gasteiger partial charge >= 0.3 is 0 Å². The summed E-state index contributed by atoms with van der Waals surface area (Å²) in [5.41, 5.74) is 3.24. The summed E-state index contributed by atoms with van der Waals surface area (Å²) in [5, 5.41) is 3.59. The Hall–Kier alpha value is -3.11. The largest absolute Gasteiger partial charge is 0.487 e. The predicted molar refractivity (Wildman–Crippen MR) is 120 cm³/mol. The average molecular weight is 383 g/mol. The number of pyridine rings is 1. The molecular weight excluding hydrogens is 358 g/mol. The zero-order valence-corrected chi connectivity index (χ0v) is 16.7. The maximum absolute atomic E-state index is 6.07. The van der Waals surface area contributed by atoms with Gasteiger partial charge in [-0.1, -0.05) is 48.5 Å². The van der Waals surface area contributed by atoms with E-state index in [4.69, 9.17) is 9.72 Å². The summed E-state index contributed by atoms with van der Waals surface area (Å²) in [6.07, 6.45) is 0. The Balaban J connectivity index is 1.39. The normalized spacial score (nSPS) is 15.1. The van der Waals surface area contributed by atoms with Crippen molar-refractivity contribution in [2.24, 2.45) is 0 Å². The molecule has 1 aliphatic heterocycles. The van der Waals surface area contributed by atoms with Crippen molar-refractivity contribution < 1.29 is 4.74 Å². The van der Waals surface area contributed by atoms with Crippen molar-refractivity contribution in [3.8, 4) is 5.75 Å². The Labute approximate surface area is 171 Å². The number of hydrogen-bond donors (Lipinski definition) is 0. The minimum absolute atomic E-state index is 0.464. The van der Waals surface area contributed by atoms with E-state index in [1.54, 1.807) is 0 Å². The van der Waals surface area contributed by atoms with Gasteiger partial charge in [-0.05, 0) is 42.1 Å². The number of rotatable bonds is 4. The molecule has 4 nitrogen and oxygen atoms in total. The lowest BCUT2D eigenvalue weighted by atomic mass is 10.1. The fourth-order valence-electron chi connectivity index (χ4n) is 3.97. The van der Waals surface area contributed by atoms with Gasteiger partial charge < -0.3 is 14.5 Å². The van der Waals surface area contributed by atoms with Crippen LogP contribution in [0.1, 0.15) is 5.69 Å². The third-order valence-corrected chi connectivity index (χ3v) is 5.71.